The molecule has 0 amide bonds. The summed E-state index contributed by atoms with van der Waals surface area (Å²) in [5.74, 6) is 1.09. The van der Waals surface area contributed by atoms with Crippen molar-refractivity contribution in [1.29, 1.82) is 0 Å². The normalized spacial score (nSPS) is 10.1. The molecule has 0 aliphatic heterocycles. The largest absolute Gasteiger partial charge is 0.494 e. The van der Waals surface area contributed by atoms with Crippen LogP contribution in [0.25, 0.3) is 0 Å². The number of rotatable bonds is 6. The van der Waals surface area contributed by atoms with Gasteiger partial charge in [-0.15, -0.1) is 11.6 Å². The van der Waals surface area contributed by atoms with Crippen molar-refractivity contribution in [3.63, 3.8) is 0 Å². The summed E-state index contributed by atoms with van der Waals surface area (Å²) in [6, 6.07) is 4.83. The molecule has 0 aromatic heterocycles. The number of benzene rings is 1. The summed E-state index contributed by atoms with van der Waals surface area (Å²) in [6.45, 7) is 2.34. The SMILES string of the molecule is CCOc1cc(CCCCl)cc([N+](=O)[O-])c1. The van der Waals surface area contributed by atoms with Crippen LogP contribution in [0.15, 0.2) is 18.2 Å². The molecule has 16 heavy (non-hydrogen) atoms. The lowest BCUT2D eigenvalue weighted by Gasteiger charge is -2.06. The smallest absolute Gasteiger partial charge is 0.273 e. The fraction of sp³-hybridized carbons (Fsp3) is 0.455. The van der Waals surface area contributed by atoms with Crippen LogP contribution >= 0.6 is 11.6 Å². The lowest BCUT2D eigenvalue weighted by molar-refractivity contribution is -0.385. The maximum Gasteiger partial charge on any atom is 0.273 e. The number of alkyl halides is 1. The van der Waals surface area contributed by atoms with E-state index >= 15 is 0 Å². The van der Waals surface area contributed by atoms with Crippen molar-refractivity contribution in [2.75, 3.05) is 12.5 Å². The number of hydrogen-bond acceptors (Lipinski definition) is 3. The second-order valence-corrected chi connectivity index (χ2v) is 3.70. The van der Waals surface area contributed by atoms with E-state index < -0.39 is 4.92 Å². The molecule has 1 aromatic carbocycles. The molecule has 0 saturated heterocycles. The predicted molar refractivity (Wildman–Crippen MR) is 63.3 cm³/mol. The van der Waals surface area contributed by atoms with E-state index in [0.29, 0.717) is 18.2 Å². The van der Waals surface area contributed by atoms with Crippen LogP contribution in [0.2, 0.25) is 0 Å². The van der Waals surface area contributed by atoms with Gasteiger partial charge in [-0.1, -0.05) is 0 Å². The van der Waals surface area contributed by atoms with E-state index in [4.69, 9.17) is 16.3 Å². The van der Waals surface area contributed by atoms with Crippen LogP contribution in [0.1, 0.15) is 18.9 Å². The van der Waals surface area contributed by atoms with Crippen molar-refractivity contribution in [2.45, 2.75) is 19.8 Å². The molecule has 1 rings (SSSR count). The van der Waals surface area contributed by atoms with E-state index in [0.717, 1.165) is 18.4 Å². The number of halogens is 1. The number of ether oxygens (including phenoxy) is 1. The van der Waals surface area contributed by atoms with Gasteiger partial charge in [-0.25, -0.2) is 0 Å². The van der Waals surface area contributed by atoms with Crippen LogP contribution in [0, 0.1) is 10.1 Å². The van der Waals surface area contributed by atoms with Crippen LogP contribution in [0.3, 0.4) is 0 Å². The van der Waals surface area contributed by atoms with Crippen LogP contribution in [0.4, 0.5) is 5.69 Å². The number of non-ortho nitro benzene ring substituents is 1. The second kappa shape index (κ2) is 6.33. The lowest BCUT2D eigenvalue weighted by Crippen LogP contribution is -1.97. The van der Waals surface area contributed by atoms with Gasteiger partial charge in [0.05, 0.1) is 17.6 Å². The van der Waals surface area contributed by atoms with E-state index in [2.05, 4.69) is 0 Å². The van der Waals surface area contributed by atoms with Gasteiger partial charge in [0.1, 0.15) is 5.75 Å². The van der Waals surface area contributed by atoms with E-state index in [1.165, 1.54) is 6.07 Å². The third-order valence-corrected chi connectivity index (χ3v) is 2.34. The van der Waals surface area contributed by atoms with Crippen molar-refractivity contribution >= 4 is 17.3 Å². The topological polar surface area (TPSA) is 52.4 Å². The molecule has 5 heteroatoms. The molecule has 0 atom stereocenters. The average molecular weight is 244 g/mol. The first kappa shape index (κ1) is 12.8. The summed E-state index contributed by atoms with van der Waals surface area (Å²) in [5.41, 5.74) is 0.953. The Balaban J connectivity index is 2.93. The number of nitro groups is 1. The van der Waals surface area contributed by atoms with Gasteiger partial charge in [-0.2, -0.15) is 0 Å². The van der Waals surface area contributed by atoms with E-state index in [-0.39, 0.29) is 5.69 Å². The third-order valence-electron chi connectivity index (χ3n) is 2.07. The molecule has 0 heterocycles. The molecular weight excluding hydrogens is 230 g/mol. The fourth-order valence-electron chi connectivity index (χ4n) is 1.41. The highest BCUT2D eigenvalue weighted by Gasteiger charge is 2.10. The van der Waals surface area contributed by atoms with Gasteiger partial charge in [0, 0.05) is 11.9 Å². The highest BCUT2D eigenvalue weighted by Crippen LogP contribution is 2.23. The molecule has 0 aliphatic rings. The summed E-state index contributed by atoms with van der Waals surface area (Å²) in [4.78, 5) is 10.3. The molecule has 4 nitrogen and oxygen atoms in total. The van der Waals surface area contributed by atoms with Gasteiger partial charge >= 0.3 is 0 Å². The number of nitrogens with zero attached hydrogens (tertiary/aromatic N) is 1. The molecule has 88 valence electrons. The van der Waals surface area contributed by atoms with Gasteiger partial charge in [0.25, 0.3) is 5.69 Å². The highest BCUT2D eigenvalue weighted by atomic mass is 35.5. The molecule has 1 aromatic rings. The van der Waals surface area contributed by atoms with Crippen LogP contribution in [0.5, 0.6) is 5.75 Å². The Bertz CT molecular complexity index is 368. The maximum absolute atomic E-state index is 10.7. The van der Waals surface area contributed by atoms with Crippen molar-refractivity contribution in [2.24, 2.45) is 0 Å². The zero-order valence-corrected chi connectivity index (χ0v) is 9.87. The number of aryl methyl sites for hydroxylation is 1. The van der Waals surface area contributed by atoms with E-state index in [9.17, 15) is 10.1 Å². The molecule has 0 saturated carbocycles. The van der Waals surface area contributed by atoms with Gasteiger partial charge in [0.2, 0.25) is 0 Å². The standard InChI is InChI=1S/C11H14ClNO3/c1-2-16-11-7-9(4-3-5-12)6-10(8-11)13(14)15/h6-8H,2-5H2,1H3. The summed E-state index contributed by atoms with van der Waals surface area (Å²) in [6.07, 6.45) is 1.53. The van der Waals surface area contributed by atoms with Gasteiger partial charge in [0.15, 0.2) is 0 Å². The molecule has 0 fully saturated rings. The lowest BCUT2D eigenvalue weighted by atomic mass is 10.1. The van der Waals surface area contributed by atoms with E-state index in [1.54, 1.807) is 6.07 Å². The summed E-state index contributed by atoms with van der Waals surface area (Å²) in [5, 5.41) is 10.7. The number of nitro benzene ring substituents is 1. The minimum atomic E-state index is -0.410. The first-order chi connectivity index (χ1) is 7.67. The molecule has 0 aliphatic carbocycles. The zero-order valence-electron chi connectivity index (χ0n) is 9.11. The van der Waals surface area contributed by atoms with Crippen molar-refractivity contribution in [3.05, 3.63) is 33.9 Å². The van der Waals surface area contributed by atoms with Gasteiger partial charge < -0.3 is 4.74 Å². The molecule has 0 spiro atoms. The Kier molecular flexibility index (Phi) is 5.05. The molecule has 0 N–H and O–H groups in total. The Labute approximate surface area is 99.3 Å². The molecular formula is C11H14ClNO3. The first-order valence-corrected chi connectivity index (χ1v) is 5.68. The highest BCUT2D eigenvalue weighted by molar-refractivity contribution is 6.17. The Morgan fingerprint density at radius 2 is 2.19 bits per heavy atom. The molecule has 0 unspecified atom stereocenters. The maximum atomic E-state index is 10.7. The monoisotopic (exact) mass is 243 g/mol. The second-order valence-electron chi connectivity index (χ2n) is 3.32. The van der Waals surface area contributed by atoms with Crippen molar-refractivity contribution in [1.82, 2.24) is 0 Å². The Morgan fingerprint density at radius 3 is 2.75 bits per heavy atom. The fourth-order valence-corrected chi connectivity index (χ4v) is 1.55. The minimum Gasteiger partial charge on any atom is -0.494 e. The van der Waals surface area contributed by atoms with Crippen molar-refractivity contribution in [3.8, 4) is 5.75 Å². The van der Waals surface area contributed by atoms with Crippen LogP contribution in [-0.4, -0.2) is 17.4 Å². The Morgan fingerprint density at radius 1 is 1.44 bits per heavy atom. The predicted octanol–water partition coefficient (Wildman–Crippen LogP) is 3.16. The van der Waals surface area contributed by atoms with Gasteiger partial charge in [-0.3, -0.25) is 10.1 Å². The average Bonchev–Trinajstić information content (AvgIpc) is 2.26. The Hall–Kier alpha value is -1.29. The summed E-state index contributed by atoms with van der Waals surface area (Å²) in [7, 11) is 0. The summed E-state index contributed by atoms with van der Waals surface area (Å²) < 4.78 is 5.28. The van der Waals surface area contributed by atoms with Crippen LogP contribution < -0.4 is 4.74 Å². The summed E-state index contributed by atoms with van der Waals surface area (Å²) >= 11 is 5.59. The van der Waals surface area contributed by atoms with E-state index in [1.807, 2.05) is 13.0 Å². The van der Waals surface area contributed by atoms with Crippen molar-refractivity contribution < 1.29 is 9.66 Å². The third kappa shape index (κ3) is 3.70. The molecule has 0 bridgehead atoms. The van der Waals surface area contributed by atoms with Crippen LogP contribution in [-0.2, 0) is 6.42 Å². The molecule has 0 radical (unpaired) electrons. The minimum absolute atomic E-state index is 0.0653. The quantitative estimate of drug-likeness (QED) is 0.438. The zero-order chi connectivity index (χ0) is 12.0. The first-order valence-electron chi connectivity index (χ1n) is 5.14. The number of hydrogen-bond donors (Lipinski definition) is 0. The van der Waals surface area contributed by atoms with Gasteiger partial charge in [-0.05, 0) is 31.4 Å².